The Balaban J connectivity index is 1.27. The van der Waals surface area contributed by atoms with Gasteiger partial charge in [-0.1, -0.05) is 6.08 Å². The minimum absolute atomic E-state index is 0.600. The van der Waals surface area contributed by atoms with E-state index in [0.717, 1.165) is 80.8 Å². The molecule has 1 unspecified atom stereocenters. The van der Waals surface area contributed by atoms with Crippen molar-refractivity contribution < 1.29 is 5.11 Å². The summed E-state index contributed by atoms with van der Waals surface area (Å²) in [6.45, 7) is 7.18. The van der Waals surface area contributed by atoms with Crippen molar-refractivity contribution in [3.63, 3.8) is 0 Å². The predicted octanol–water partition coefficient (Wildman–Crippen LogP) is 1.73. The minimum atomic E-state index is -0.600. The Morgan fingerprint density at radius 3 is 2.61 bits per heavy atom. The highest BCUT2D eigenvalue weighted by molar-refractivity contribution is 5.74. The second-order valence-corrected chi connectivity index (χ2v) is 8.72. The Kier molecular flexibility index (Phi) is 5.76. The van der Waals surface area contributed by atoms with Gasteiger partial charge in [-0.15, -0.1) is 0 Å². The van der Waals surface area contributed by atoms with Gasteiger partial charge in [0.05, 0.1) is 17.6 Å². The van der Waals surface area contributed by atoms with Gasteiger partial charge in [0.2, 0.25) is 0 Å². The number of fused-ring (bicyclic) bond motifs is 1. The van der Waals surface area contributed by atoms with Gasteiger partial charge in [-0.3, -0.25) is 0 Å². The number of anilines is 4. The molecule has 0 amide bonds. The van der Waals surface area contributed by atoms with Crippen molar-refractivity contribution in [2.75, 3.05) is 68.0 Å². The molecule has 2 saturated heterocycles. The van der Waals surface area contributed by atoms with Gasteiger partial charge in [-0.05, 0) is 50.7 Å². The SMILES string of the molecule is CN1CCN(c2ccc(Nc3cc4c(cn3)C=CC(O)N4CCC3CNC3)nc2)CC1. The summed E-state index contributed by atoms with van der Waals surface area (Å²) in [4.78, 5) is 15.9. The molecule has 8 nitrogen and oxygen atoms in total. The highest BCUT2D eigenvalue weighted by Crippen LogP contribution is 2.31. The van der Waals surface area contributed by atoms with E-state index >= 15 is 0 Å². The lowest BCUT2D eigenvalue weighted by molar-refractivity contribution is 0.209. The third-order valence-corrected chi connectivity index (χ3v) is 6.51. The number of rotatable bonds is 6. The molecule has 3 aliphatic rings. The van der Waals surface area contributed by atoms with Crippen LogP contribution >= 0.6 is 0 Å². The van der Waals surface area contributed by atoms with Crippen LogP contribution in [0, 0.1) is 5.92 Å². The number of piperazine rings is 1. The molecule has 0 radical (unpaired) electrons. The smallest absolute Gasteiger partial charge is 0.146 e. The summed E-state index contributed by atoms with van der Waals surface area (Å²) in [6, 6.07) is 6.13. The van der Waals surface area contributed by atoms with Crippen LogP contribution in [0.15, 0.2) is 36.7 Å². The first kappa shape index (κ1) is 20.2. The monoisotopic (exact) mass is 421 g/mol. The molecule has 2 aromatic rings. The molecule has 164 valence electrons. The first-order chi connectivity index (χ1) is 15.2. The lowest BCUT2D eigenvalue weighted by Crippen LogP contribution is -2.45. The van der Waals surface area contributed by atoms with Gasteiger partial charge in [-0.25, -0.2) is 9.97 Å². The van der Waals surface area contributed by atoms with Crippen LogP contribution in [0.2, 0.25) is 0 Å². The molecule has 3 N–H and O–H groups in total. The Morgan fingerprint density at radius 2 is 1.90 bits per heavy atom. The van der Waals surface area contributed by atoms with E-state index in [-0.39, 0.29) is 0 Å². The molecule has 0 aromatic carbocycles. The Bertz CT molecular complexity index is 920. The summed E-state index contributed by atoms with van der Waals surface area (Å²) in [6.07, 6.45) is 8.03. The molecule has 5 rings (SSSR count). The van der Waals surface area contributed by atoms with Crippen LogP contribution in [0.1, 0.15) is 12.0 Å². The molecular formula is C23H31N7O. The van der Waals surface area contributed by atoms with Crippen LogP contribution < -0.4 is 20.4 Å². The highest BCUT2D eigenvalue weighted by atomic mass is 16.3. The molecule has 0 saturated carbocycles. The van der Waals surface area contributed by atoms with E-state index < -0.39 is 6.23 Å². The number of pyridine rings is 2. The molecule has 2 fully saturated rings. The van der Waals surface area contributed by atoms with E-state index in [1.54, 1.807) is 0 Å². The largest absolute Gasteiger partial charge is 0.370 e. The van der Waals surface area contributed by atoms with Crippen LogP contribution in [0.3, 0.4) is 0 Å². The average molecular weight is 422 g/mol. The quantitative estimate of drug-likeness (QED) is 0.651. The van der Waals surface area contributed by atoms with Crippen LogP contribution in [-0.4, -0.2) is 79.1 Å². The summed E-state index contributed by atoms with van der Waals surface area (Å²) in [7, 11) is 2.16. The van der Waals surface area contributed by atoms with Crippen molar-refractivity contribution in [2.24, 2.45) is 5.92 Å². The predicted molar refractivity (Wildman–Crippen MR) is 125 cm³/mol. The number of hydrogen-bond donors (Lipinski definition) is 3. The van der Waals surface area contributed by atoms with Crippen molar-refractivity contribution in [2.45, 2.75) is 12.6 Å². The molecule has 31 heavy (non-hydrogen) atoms. The standard InChI is InChI=1S/C23H31N7O/c1-28-8-10-29(11-9-28)19-3-4-21(26-16-19)27-22-12-20-18(15-25-22)2-5-23(31)30(20)7-6-17-13-24-14-17/h2-5,12,15-17,23-24,31H,6-11,13-14H2,1H3,(H,25,26,27). The Labute approximate surface area is 183 Å². The number of aliphatic hydroxyl groups is 1. The second-order valence-electron chi connectivity index (χ2n) is 8.72. The molecule has 3 aliphatic heterocycles. The van der Waals surface area contributed by atoms with Crippen molar-refractivity contribution >= 4 is 29.1 Å². The molecule has 0 bridgehead atoms. The molecule has 0 spiro atoms. The molecule has 2 aromatic heterocycles. The zero-order chi connectivity index (χ0) is 21.2. The van der Waals surface area contributed by atoms with Crippen LogP contribution in [0.5, 0.6) is 0 Å². The topological polar surface area (TPSA) is 79.8 Å². The number of likely N-dealkylation sites (N-methyl/N-ethyl adjacent to an activating group) is 1. The van der Waals surface area contributed by atoms with E-state index in [9.17, 15) is 5.11 Å². The molecule has 1 atom stereocenters. The minimum Gasteiger partial charge on any atom is -0.370 e. The lowest BCUT2D eigenvalue weighted by atomic mass is 9.98. The van der Waals surface area contributed by atoms with Gasteiger partial charge in [0.25, 0.3) is 0 Å². The lowest BCUT2D eigenvalue weighted by Gasteiger charge is -2.35. The maximum atomic E-state index is 10.5. The number of nitrogens with zero attached hydrogens (tertiary/aromatic N) is 5. The van der Waals surface area contributed by atoms with E-state index in [0.29, 0.717) is 5.92 Å². The summed E-state index contributed by atoms with van der Waals surface area (Å²) >= 11 is 0. The van der Waals surface area contributed by atoms with Crippen molar-refractivity contribution in [3.05, 3.63) is 42.2 Å². The van der Waals surface area contributed by atoms with Crippen LogP contribution in [0.4, 0.5) is 23.0 Å². The normalized spacial score (nSPS) is 21.7. The number of aromatic nitrogens is 2. The highest BCUT2D eigenvalue weighted by Gasteiger charge is 2.24. The first-order valence-electron chi connectivity index (χ1n) is 11.2. The summed E-state index contributed by atoms with van der Waals surface area (Å²) < 4.78 is 0. The summed E-state index contributed by atoms with van der Waals surface area (Å²) in [5, 5.41) is 17.2. The maximum Gasteiger partial charge on any atom is 0.146 e. The number of nitrogens with one attached hydrogen (secondary N) is 2. The van der Waals surface area contributed by atoms with Crippen molar-refractivity contribution in [3.8, 4) is 0 Å². The maximum absolute atomic E-state index is 10.5. The van der Waals surface area contributed by atoms with Gasteiger partial charge >= 0.3 is 0 Å². The molecule has 0 aliphatic carbocycles. The average Bonchev–Trinajstić information content (AvgIpc) is 2.75. The van der Waals surface area contributed by atoms with E-state index in [1.165, 1.54) is 0 Å². The van der Waals surface area contributed by atoms with Gasteiger partial charge in [0.1, 0.15) is 17.9 Å². The fourth-order valence-corrected chi connectivity index (χ4v) is 4.31. The molecule has 8 heteroatoms. The van der Waals surface area contributed by atoms with Gasteiger partial charge < -0.3 is 30.4 Å². The van der Waals surface area contributed by atoms with Crippen molar-refractivity contribution in [1.29, 1.82) is 0 Å². The third kappa shape index (κ3) is 4.51. The van der Waals surface area contributed by atoms with Gasteiger partial charge in [0, 0.05) is 50.6 Å². The van der Waals surface area contributed by atoms with E-state index in [2.05, 4.69) is 48.4 Å². The Hall–Kier alpha value is -2.68. The van der Waals surface area contributed by atoms with Crippen LogP contribution in [0.25, 0.3) is 6.08 Å². The van der Waals surface area contributed by atoms with Crippen LogP contribution in [-0.2, 0) is 0 Å². The zero-order valence-electron chi connectivity index (χ0n) is 18.0. The number of aliphatic hydroxyl groups excluding tert-OH is 1. The molecular weight excluding hydrogens is 390 g/mol. The Morgan fingerprint density at radius 1 is 1.10 bits per heavy atom. The summed E-state index contributed by atoms with van der Waals surface area (Å²) in [5.74, 6) is 2.20. The number of hydrogen-bond acceptors (Lipinski definition) is 8. The fraction of sp³-hybridized carbons (Fsp3) is 0.478. The van der Waals surface area contributed by atoms with E-state index in [4.69, 9.17) is 0 Å². The fourth-order valence-electron chi connectivity index (χ4n) is 4.31. The van der Waals surface area contributed by atoms with Gasteiger partial charge in [0.15, 0.2) is 0 Å². The second kappa shape index (κ2) is 8.82. The van der Waals surface area contributed by atoms with E-state index in [1.807, 2.05) is 36.7 Å². The van der Waals surface area contributed by atoms with Crippen molar-refractivity contribution in [1.82, 2.24) is 20.2 Å². The third-order valence-electron chi connectivity index (χ3n) is 6.51. The zero-order valence-corrected chi connectivity index (χ0v) is 18.0. The molecule has 5 heterocycles. The summed E-state index contributed by atoms with van der Waals surface area (Å²) in [5.41, 5.74) is 3.19. The first-order valence-corrected chi connectivity index (χ1v) is 11.2. The van der Waals surface area contributed by atoms with Gasteiger partial charge in [-0.2, -0.15) is 0 Å².